The van der Waals surface area contributed by atoms with E-state index in [0.29, 0.717) is 17.7 Å². The van der Waals surface area contributed by atoms with Crippen LogP contribution in [0.2, 0.25) is 0 Å². The van der Waals surface area contributed by atoms with Gasteiger partial charge in [0, 0.05) is 6.04 Å². The maximum Gasteiger partial charge on any atom is 0.158 e. The number of hydrogen-bond acceptors (Lipinski definition) is 4. The van der Waals surface area contributed by atoms with Crippen LogP contribution in [0.25, 0.3) is 0 Å². The quantitative estimate of drug-likeness (QED) is 0.824. The lowest BCUT2D eigenvalue weighted by Gasteiger charge is -2.29. The van der Waals surface area contributed by atoms with Crippen molar-refractivity contribution in [2.75, 3.05) is 5.32 Å². The highest BCUT2D eigenvalue weighted by Crippen LogP contribution is 2.25. The summed E-state index contributed by atoms with van der Waals surface area (Å²) in [6.07, 6.45) is 8.24. The molecule has 1 saturated carbocycles. The molecule has 1 fully saturated rings. The van der Waals surface area contributed by atoms with E-state index in [1.807, 2.05) is 6.07 Å². The van der Waals surface area contributed by atoms with E-state index >= 15 is 0 Å². The molecule has 1 aromatic rings. The molecule has 84 valence electrons. The van der Waals surface area contributed by atoms with Gasteiger partial charge < -0.3 is 5.32 Å². The van der Waals surface area contributed by atoms with Crippen molar-refractivity contribution < 1.29 is 0 Å². The number of aromatic nitrogens is 2. The fourth-order valence-electron chi connectivity index (χ4n) is 2.18. The highest BCUT2D eigenvalue weighted by Gasteiger charge is 2.21. The zero-order chi connectivity index (χ0) is 11.4. The van der Waals surface area contributed by atoms with Crippen LogP contribution in [0.15, 0.2) is 12.4 Å². The third-order valence-corrected chi connectivity index (χ3v) is 3.21. The summed E-state index contributed by atoms with van der Waals surface area (Å²) in [7, 11) is 0. The molecule has 0 spiro atoms. The molecule has 1 N–H and O–H groups in total. The predicted molar refractivity (Wildman–Crippen MR) is 61.8 cm³/mol. The Kier molecular flexibility index (Phi) is 3.35. The van der Waals surface area contributed by atoms with E-state index in [2.05, 4.69) is 22.2 Å². The van der Waals surface area contributed by atoms with E-state index in [1.54, 1.807) is 6.20 Å². The average molecular weight is 216 g/mol. The Hall–Kier alpha value is -1.63. The normalized spacial score (nSPS) is 24.8. The van der Waals surface area contributed by atoms with Crippen molar-refractivity contribution in [1.29, 1.82) is 5.26 Å². The number of nitriles is 1. The average Bonchev–Trinajstić information content (AvgIpc) is 2.33. The topological polar surface area (TPSA) is 61.6 Å². The lowest BCUT2D eigenvalue weighted by Crippen LogP contribution is -2.30. The number of nitrogens with one attached hydrogen (secondary N) is 1. The molecule has 4 nitrogen and oxygen atoms in total. The zero-order valence-electron chi connectivity index (χ0n) is 9.48. The zero-order valence-corrected chi connectivity index (χ0v) is 9.48. The van der Waals surface area contributed by atoms with Crippen molar-refractivity contribution in [2.24, 2.45) is 5.92 Å². The minimum absolute atomic E-state index is 0.363. The number of hydrogen-bond donors (Lipinski definition) is 1. The monoisotopic (exact) mass is 216 g/mol. The maximum atomic E-state index is 8.62. The van der Waals surface area contributed by atoms with Crippen LogP contribution in [0.5, 0.6) is 0 Å². The van der Waals surface area contributed by atoms with Gasteiger partial charge in [0.25, 0.3) is 0 Å². The van der Waals surface area contributed by atoms with Crippen LogP contribution in [-0.4, -0.2) is 16.0 Å². The molecule has 1 aliphatic rings. The predicted octanol–water partition coefficient (Wildman–Crippen LogP) is 2.34. The lowest BCUT2D eigenvalue weighted by atomic mass is 9.86. The first-order valence-electron chi connectivity index (χ1n) is 5.78. The molecule has 1 aromatic heterocycles. The molecule has 2 atom stereocenters. The van der Waals surface area contributed by atoms with Gasteiger partial charge in [-0.1, -0.05) is 19.8 Å². The van der Waals surface area contributed by atoms with Crippen LogP contribution in [-0.2, 0) is 0 Å². The SMILES string of the molecule is CC1CCCCC1Nc1cnc(C#N)cn1. The Balaban J connectivity index is 2.00. The summed E-state index contributed by atoms with van der Waals surface area (Å²) in [5.74, 6) is 1.46. The molecule has 0 radical (unpaired) electrons. The summed E-state index contributed by atoms with van der Waals surface area (Å²) < 4.78 is 0. The minimum atomic E-state index is 0.363. The second-order valence-electron chi connectivity index (χ2n) is 4.41. The van der Waals surface area contributed by atoms with E-state index in [0.717, 1.165) is 5.82 Å². The van der Waals surface area contributed by atoms with E-state index in [4.69, 9.17) is 5.26 Å². The van der Waals surface area contributed by atoms with Gasteiger partial charge in [0.1, 0.15) is 11.9 Å². The third kappa shape index (κ3) is 2.48. The molecule has 0 amide bonds. The summed E-state index contributed by atoms with van der Waals surface area (Å²) in [5.41, 5.74) is 0.363. The van der Waals surface area contributed by atoms with Crippen molar-refractivity contribution in [3.63, 3.8) is 0 Å². The molecular weight excluding hydrogens is 200 g/mol. The smallest absolute Gasteiger partial charge is 0.158 e. The number of nitrogens with zero attached hydrogens (tertiary/aromatic N) is 3. The Morgan fingerprint density at radius 3 is 2.75 bits per heavy atom. The second-order valence-corrected chi connectivity index (χ2v) is 4.41. The Morgan fingerprint density at radius 2 is 2.12 bits per heavy atom. The Labute approximate surface area is 95.7 Å². The molecule has 2 rings (SSSR count). The van der Waals surface area contributed by atoms with E-state index in [-0.39, 0.29) is 0 Å². The van der Waals surface area contributed by atoms with Gasteiger partial charge in [0.15, 0.2) is 5.69 Å². The lowest BCUT2D eigenvalue weighted by molar-refractivity contribution is 0.349. The molecule has 0 aliphatic heterocycles. The van der Waals surface area contributed by atoms with Gasteiger partial charge in [-0.05, 0) is 18.8 Å². The van der Waals surface area contributed by atoms with E-state index in [9.17, 15) is 0 Å². The van der Waals surface area contributed by atoms with Gasteiger partial charge in [0.2, 0.25) is 0 Å². The molecule has 2 unspecified atom stereocenters. The third-order valence-electron chi connectivity index (χ3n) is 3.21. The fourth-order valence-corrected chi connectivity index (χ4v) is 2.18. The minimum Gasteiger partial charge on any atom is -0.366 e. The number of rotatable bonds is 2. The van der Waals surface area contributed by atoms with Crippen LogP contribution in [0.1, 0.15) is 38.3 Å². The first kappa shape index (κ1) is 10.9. The first-order valence-corrected chi connectivity index (χ1v) is 5.78. The number of anilines is 1. The van der Waals surface area contributed by atoms with Crippen LogP contribution >= 0.6 is 0 Å². The molecule has 0 bridgehead atoms. The summed E-state index contributed by atoms with van der Waals surface area (Å²) >= 11 is 0. The van der Waals surface area contributed by atoms with E-state index < -0.39 is 0 Å². The van der Waals surface area contributed by atoms with Gasteiger partial charge in [-0.2, -0.15) is 5.26 Å². The Bertz CT molecular complexity index is 379. The van der Waals surface area contributed by atoms with Crippen molar-refractivity contribution in [1.82, 2.24) is 9.97 Å². The summed E-state index contributed by atoms with van der Waals surface area (Å²) in [5, 5.41) is 12.0. The molecule has 1 heterocycles. The van der Waals surface area contributed by atoms with Gasteiger partial charge in [-0.3, -0.25) is 0 Å². The summed E-state index contributed by atoms with van der Waals surface area (Å²) in [4.78, 5) is 8.18. The summed E-state index contributed by atoms with van der Waals surface area (Å²) in [6, 6.07) is 2.46. The van der Waals surface area contributed by atoms with Crippen LogP contribution in [0, 0.1) is 17.2 Å². The standard InChI is InChI=1S/C12H16N4/c1-9-4-2-3-5-11(9)16-12-8-14-10(6-13)7-15-12/h7-9,11H,2-5H2,1H3,(H,15,16). The second kappa shape index (κ2) is 4.93. The maximum absolute atomic E-state index is 8.62. The van der Waals surface area contributed by atoms with Gasteiger partial charge >= 0.3 is 0 Å². The van der Waals surface area contributed by atoms with Gasteiger partial charge in [-0.15, -0.1) is 0 Å². The summed E-state index contributed by atoms with van der Waals surface area (Å²) in [6.45, 7) is 2.27. The first-order chi connectivity index (χ1) is 7.79. The molecule has 0 aromatic carbocycles. The molecular formula is C12H16N4. The molecule has 0 saturated heterocycles. The van der Waals surface area contributed by atoms with Crippen molar-refractivity contribution in [2.45, 2.75) is 38.6 Å². The van der Waals surface area contributed by atoms with Crippen LogP contribution < -0.4 is 5.32 Å². The van der Waals surface area contributed by atoms with Gasteiger partial charge in [0.05, 0.1) is 12.4 Å². The highest BCUT2D eigenvalue weighted by molar-refractivity contribution is 5.34. The highest BCUT2D eigenvalue weighted by atomic mass is 15.0. The van der Waals surface area contributed by atoms with Crippen LogP contribution in [0.3, 0.4) is 0 Å². The largest absolute Gasteiger partial charge is 0.366 e. The van der Waals surface area contributed by atoms with Crippen molar-refractivity contribution >= 4 is 5.82 Å². The molecule has 1 aliphatic carbocycles. The fraction of sp³-hybridized carbons (Fsp3) is 0.583. The molecule has 16 heavy (non-hydrogen) atoms. The Morgan fingerprint density at radius 1 is 1.31 bits per heavy atom. The van der Waals surface area contributed by atoms with E-state index in [1.165, 1.54) is 31.9 Å². The van der Waals surface area contributed by atoms with Crippen LogP contribution in [0.4, 0.5) is 5.82 Å². The van der Waals surface area contributed by atoms with Gasteiger partial charge in [-0.25, -0.2) is 9.97 Å². The van der Waals surface area contributed by atoms with Crippen molar-refractivity contribution in [3.8, 4) is 6.07 Å². The van der Waals surface area contributed by atoms with Crippen molar-refractivity contribution in [3.05, 3.63) is 18.1 Å². The molecule has 4 heteroatoms.